The van der Waals surface area contributed by atoms with E-state index < -0.39 is 10.0 Å². The highest BCUT2D eigenvalue weighted by atomic mass is 32.2. The molecule has 0 fully saturated rings. The van der Waals surface area contributed by atoms with Crippen molar-refractivity contribution in [3.8, 4) is 11.8 Å². The number of thioether (sulfide) groups is 1. The van der Waals surface area contributed by atoms with Gasteiger partial charge < -0.3 is 4.57 Å². The molecule has 0 atom stereocenters. The molecule has 106 valence electrons. The quantitative estimate of drug-likeness (QED) is 0.690. The van der Waals surface area contributed by atoms with Gasteiger partial charge in [-0.2, -0.15) is 0 Å². The first-order valence-electron chi connectivity index (χ1n) is 6.03. The second kappa shape index (κ2) is 5.87. The Morgan fingerprint density at radius 3 is 2.80 bits per heavy atom. The Morgan fingerprint density at radius 2 is 2.20 bits per heavy atom. The van der Waals surface area contributed by atoms with Crippen LogP contribution in [0.5, 0.6) is 0 Å². The predicted octanol–water partition coefficient (Wildman–Crippen LogP) is 1.82. The number of aryl methyl sites for hydroxylation is 1. The van der Waals surface area contributed by atoms with E-state index in [9.17, 15) is 8.42 Å². The number of hydrogen-bond acceptors (Lipinski definition) is 4. The summed E-state index contributed by atoms with van der Waals surface area (Å²) >= 11 is 1.53. The molecule has 0 aliphatic carbocycles. The number of benzene rings is 1. The van der Waals surface area contributed by atoms with Crippen LogP contribution in [0.3, 0.4) is 0 Å². The summed E-state index contributed by atoms with van der Waals surface area (Å²) in [7, 11) is -3.70. The molecule has 0 spiro atoms. The summed E-state index contributed by atoms with van der Waals surface area (Å²) in [6.07, 6.45) is 0. The third-order valence-corrected chi connectivity index (χ3v) is 4.55. The normalized spacial score (nSPS) is 11.3. The number of aromatic nitrogens is 2. The number of fused-ring (bicyclic) bond motifs is 1. The van der Waals surface area contributed by atoms with Crippen molar-refractivity contribution in [1.29, 1.82) is 0 Å². The summed E-state index contributed by atoms with van der Waals surface area (Å²) in [5.74, 6) is 6.46. The van der Waals surface area contributed by atoms with Crippen LogP contribution in [-0.2, 0) is 16.6 Å². The maximum Gasteiger partial charge on any atom is 0.238 e. The number of nitrogens with zero attached hydrogens (tertiary/aromatic N) is 2. The SMILES string of the molecule is CC#CCSc1nc2cc(S(N)(=O)=O)ccc2n1CC. The van der Waals surface area contributed by atoms with Crippen LogP contribution in [-0.4, -0.2) is 23.7 Å². The highest BCUT2D eigenvalue weighted by molar-refractivity contribution is 7.99. The number of imidazole rings is 1. The minimum absolute atomic E-state index is 0.0793. The topological polar surface area (TPSA) is 78.0 Å². The molecular weight excluding hydrogens is 294 g/mol. The summed E-state index contributed by atoms with van der Waals surface area (Å²) in [5, 5.41) is 5.97. The molecule has 0 bridgehead atoms. The van der Waals surface area contributed by atoms with Gasteiger partial charge in [-0.25, -0.2) is 18.5 Å². The molecule has 7 heteroatoms. The van der Waals surface area contributed by atoms with Gasteiger partial charge in [0, 0.05) is 6.54 Å². The standard InChI is InChI=1S/C13H15N3O2S2/c1-3-5-8-19-13-15-11-9-10(20(14,17)18)6-7-12(11)16(13)4-2/h6-7,9H,4,8H2,1-2H3,(H2,14,17,18). The number of hydrogen-bond donors (Lipinski definition) is 1. The molecule has 20 heavy (non-hydrogen) atoms. The lowest BCUT2D eigenvalue weighted by molar-refractivity contribution is 0.598. The second-order valence-electron chi connectivity index (χ2n) is 4.05. The van der Waals surface area contributed by atoms with Gasteiger partial charge in [-0.3, -0.25) is 0 Å². The smallest absolute Gasteiger partial charge is 0.238 e. The first kappa shape index (κ1) is 14.9. The Morgan fingerprint density at radius 1 is 1.45 bits per heavy atom. The molecule has 0 aliphatic rings. The van der Waals surface area contributed by atoms with Gasteiger partial charge in [0.05, 0.1) is 21.7 Å². The Bertz CT molecular complexity index is 798. The molecule has 0 aliphatic heterocycles. The molecule has 1 aromatic heterocycles. The molecule has 2 aromatic rings. The van der Waals surface area contributed by atoms with E-state index in [-0.39, 0.29) is 4.90 Å². The van der Waals surface area contributed by atoms with E-state index in [0.717, 1.165) is 17.2 Å². The van der Waals surface area contributed by atoms with E-state index in [4.69, 9.17) is 5.14 Å². The Hall–Kier alpha value is -1.49. The second-order valence-corrected chi connectivity index (χ2v) is 6.55. The van der Waals surface area contributed by atoms with Gasteiger partial charge in [0.15, 0.2) is 5.16 Å². The monoisotopic (exact) mass is 309 g/mol. The molecule has 1 heterocycles. The van der Waals surface area contributed by atoms with E-state index in [0.29, 0.717) is 11.3 Å². The van der Waals surface area contributed by atoms with Gasteiger partial charge in [0.2, 0.25) is 10.0 Å². The van der Waals surface area contributed by atoms with Crippen molar-refractivity contribution in [2.45, 2.75) is 30.4 Å². The molecular formula is C13H15N3O2S2. The number of rotatable bonds is 4. The summed E-state index contributed by atoms with van der Waals surface area (Å²) < 4.78 is 24.8. The lowest BCUT2D eigenvalue weighted by atomic mass is 10.3. The van der Waals surface area contributed by atoms with E-state index >= 15 is 0 Å². The van der Waals surface area contributed by atoms with Crippen LogP contribution >= 0.6 is 11.8 Å². The summed E-state index contributed by atoms with van der Waals surface area (Å²) in [6, 6.07) is 4.75. The van der Waals surface area contributed by atoms with E-state index in [2.05, 4.69) is 16.8 Å². The predicted molar refractivity (Wildman–Crippen MR) is 81.0 cm³/mol. The summed E-state index contributed by atoms with van der Waals surface area (Å²) in [6.45, 7) is 4.57. The van der Waals surface area contributed by atoms with Gasteiger partial charge in [0.25, 0.3) is 0 Å². The lowest BCUT2D eigenvalue weighted by Gasteiger charge is -2.04. The van der Waals surface area contributed by atoms with Crippen LogP contribution in [0.2, 0.25) is 0 Å². The molecule has 1 aromatic carbocycles. The molecule has 0 radical (unpaired) electrons. The van der Waals surface area contributed by atoms with E-state index in [1.54, 1.807) is 13.0 Å². The van der Waals surface area contributed by atoms with Crippen molar-refractivity contribution in [3.05, 3.63) is 18.2 Å². The summed E-state index contributed by atoms with van der Waals surface area (Å²) in [4.78, 5) is 4.55. The molecule has 2 rings (SSSR count). The van der Waals surface area contributed by atoms with Crippen LogP contribution in [0.4, 0.5) is 0 Å². The first-order valence-corrected chi connectivity index (χ1v) is 8.56. The average Bonchev–Trinajstić information content (AvgIpc) is 2.74. The molecule has 0 saturated carbocycles. The van der Waals surface area contributed by atoms with Crippen molar-refractivity contribution in [1.82, 2.24) is 9.55 Å². The van der Waals surface area contributed by atoms with Crippen LogP contribution in [0, 0.1) is 11.8 Å². The molecule has 5 nitrogen and oxygen atoms in total. The third kappa shape index (κ3) is 2.98. The average molecular weight is 309 g/mol. The van der Waals surface area contributed by atoms with Gasteiger partial charge in [-0.15, -0.1) is 5.92 Å². The van der Waals surface area contributed by atoms with Crippen molar-refractivity contribution in [2.24, 2.45) is 5.14 Å². The fourth-order valence-electron chi connectivity index (χ4n) is 1.85. The Kier molecular flexibility index (Phi) is 4.38. The third-order valence-electron chi connectivity index (χ3n) is 2.78. The maximum absolute atomic E-state index is 11.4. The van der Waals surface area contributed by atoms with Crippen molar-refractivity contribution in [2.75, 3.05) is 5.75 Å². The highest BCUT2D eigenvalue weighted by Gasteiger charge is 2.14. The van der Waals surface area contributed by atoms with Gasteiger partial charge in [-0.1, -0.05) is 17.7 Å². The number of primary sulfonamides is 1. The minimum Gasteiger partial charge on any atom is -0.319 e. The molecule has 0 amide bonds. The number of nitrogens with two attached hydrogens (primary N) is 1. The number of sulfonamides is 1. The van der Waals surface area contributed by atoms with Crippen LogP contribution in [0.15, 0.2) is 28.3 Å². The highest BCUT2D eigenvalue weighted by Crippen LogP contribution is 2.25. The van der Waals surface area contributed by atoms with Crippen molar-refractivity contribution >= 4 is 32.8 Å². The Balaban J connectivity index is 2.52. The fourth-order valence-corrected chi connectivity index (χ4v) is 3.28. The zero-order chi connectivity index (χ0) is 14.8. The lowest BCUT2D eigenvalue weighted by Crippen LogP contribution is -2.11. The largest absolute Gasteiger partial charge is 0.319 e. The van der Waals surface area contributed by atoms with Crippen LogP contribution < -0.4 is 5.14 Å². The van der Waals surface area contributed by atoms with Crippen LogP contribution in [0.25, 0.3) is 11.0 Å². The van der Waals surface area contributed by atoms with E-state index in [1.165, 1.54) is 23.9 Å². The molecule has 2 N–H and O–H groups in total. The van der Waals surface area contributed by atoms with Gasteiger partial charge in [-0.05, 0) is 32.0 Å². The molecule has 0 unspecified atom stereocenters. The summed E-state index contributed by atoms with van der Waals surface area (Å²) in [5.41, 5.74) is 1.53. The van der Waals surface area contributed by atoms with Gasteiger partial charge in [0.1, 0.15) is 0 Å². The van der Waals surface area contributed by atoms with Crippen molar-refractivity contribution in [3.63, 3.8) is 0 Å². The van der Waals surface area contributed by atoms with Gasteiger partial charge >= 0.3 is 0 Å². The zero-order valence-electron chi connectivity index (χ0n) is 11.3. The van der Waals surface area contributed by atoms with E-state index in [1.807, 2.05) is 11.5 Å². The first-order chi connectivity index (χ1) is 9.47. The maximum atomic E-state index is 11.4. The van der Waals surface area contributed by atoms with Crippen molar-refractivity contribution < 1.29 is 8.42 Å². The Labute approximate surface area is 122 Å². The fraction of sp³-hybridized carbons (Fsp3) is 0.308. The molecule has 0 saturated heterocycles. The van der Waals surface area contributed by atoms with Crippen LogP contribution in [0.1, 0.15) is 13.8 Å². The minimum atomic E-state index is -3.70. The zero-order valence-corrected chi connectivity index (χ0v) is 12.9.